The average Bonchev–Trinajstić information content (AvgIpc) is 3.22. The van der Waals surface area contributed by atoms with Crippen LogP contribution in [-0.4, -0.2) is 18.8 Å². The number of fused-ring (bicyclic) bond motifs is 3. The molecule has 1 aromatic heterocycles. The third-order valence-corrected chi connectivity index (χ3v) is 7.70. The van der Waals surface area contributed by atoms with Crippen molar-refractivity contribution in [3.63, 3.8) is 0 Å². The zero-order chi connectivity index (χ0) is 23.9. The number of benzene rings is 3. The maximum atomic E-state index is 13.8. The van der Waals surface area contributed by atoms with Gasteiger partial charge in [-0.25, -0.2) is 4.99 Å². The van der Waals surface area contributed by atoms with Crippen molar-refractivity contribution in [1.29, 1.82) is 0 Å². The molecular weight excluding hydrogens is 456 g/mol. The van der Waals surface area contributed by atoms with Crippen molar-refractivity contribution in [2.75, 3.05) is 14.2 Å². The van der Waals surface area contributed by atoms with E-state index in [4.69, 9.17) is 14.5 Å². The fourth-order valence-electron chi connectivity index (χ4n) is 5.04. The monoisotopic (exact) mass is 480 g/mol. The van der Waals surface area contributed by atoms with Crippen molar-refractivity contribution in [1.82, 2.24) is 4.57 Å². The Morgan fingerprint density at radius 2 is 1.77 bits per heavy atom. The Kier molecular flexibility index (Phi) is 5.38. The minimum absolute atomic E-state index is 0.0362. The van der Waals surface area contributed by atoms with Crippen LogP contribution >= 0.6 is 11.3 Å². The van der Waals surface area contributed by atoms with Crippen molar-refractivity contribution in [2.24, 2.45) is 4.99 Å². The molecule has 0 saturated carbocycles. The first-order chi connectivity index (χ1) is 17.2. The van der Waals surface area contributed by atoms with Crippen LogP contribution in [0.2, 0.25) is 0 Å². The summed E-state index contributed by atoms with van der Waals surface area (Å²) < 4.78 is 13.4. The lowest BCUT2D eigenvalue weighted by molar-refractivity contribution is 0.393. The third kappa shape index (κ3) is 3.61. The minimum Gasteiger partial charge on any atom is -0.497 e. The van der Waals surface area contributed by atoms with Gasteiger partial charge in [-0.2, -0.15) is 0 Å². The fourth-order valence-corrected chi connectivity index (χ4v) is 6.03. The second kappa shape index (κ2) is 8.71. The summed E-state index contributed by atoms with van der Waals surface area (Å²) in [5.74, 6) is 1.36. The van der Waals surface area contributed by atoms with E-state index in [-0.39, 0.29) is 11.6 Å². The molecule has 3 aromatic carbocycles. The van der Waals surface area contributed by atoms with Crippen LogP contribution in [-0.2, 0) is 6.42 Å². The zero-order valence-corrected chi connectivity index (χ0v) is 20.3. The smallest absolute Gasteiger partial charge is 0.271 e. The Balaban J connectivity index is 1.60. The number of aryl methyl sites for hydroxylation is 1. The molecule has 0 unspecified atom stereocenters. The van der Waals surface area contributed by atoms with Gasteiger partial charge in [0.05, 0.1) is 30.5 Å². The second-order valence-electron chi connectivity index (χ2n) is 8.63. The summed E-state index contributed by atoms with van der Waals surface area (Å²) in [5, 5.41) is 0. The highest BCUT2D eigenvalue weighted by Crippen LogP contribution is 2.41. The van der Waals surface area contributed by atoms with Crippen LogP contribution in [0, 0.1) is 0 Å². The standard InChI is InChI=1S/C29H24N2O3S/c1-33-21-14-12-20(24(17-21)34-2)16-25-28(32)31-27(19-9-4-3-5-10-19)23-15-13-18-8-6-7-11-22(18)26(23)30-29(31)35-25/h3-12,14,16-17,27H,13,15H2,1-2H3/b25-16+/t27-/m0/s1. The number of allylic oxidation sites excluding steroid dienone is 1. The lowest BCUT2D eigenvalue weighted by Gasteiger charge is -2.30. The molecule has 174 valence electrons. The quantitative estimate of drug-likeness (QED) is 0.437. The normalized spacial score (nSPS) is 16.7. The number of hydrogen-bond acceptors (Lipinski definition) is 5. The molecule has 2 heterocycles. The van der Waals surface area contributed by atoms with Crippen LogP contribution in [0.1, 0.15) is 34.7 Å². The summed E-state index contributed by atoms with van der Waals surface area (Å²) in [6.07, 6.45) is 3.72. The molecule has 1 atom stereocenters. The van der Waals surface area contributed by atoms with Crippen LogP contribution in [0.5, 0.6) is 11.5 Å². The SMILES string of the molecule is COc1ccc(/C=c2/sc3n(c2=O)[C@@H](c2ccccc2)C2=C(N=3)c3ccccc3CC2)c(OC)c1. The van der Waals surface area contributed by atoms with E-state index in [0.717, 1.165) is 34.5 Å². The highest BCUT2D eigenvalue weighted by Gasteiger charge is 2.32. The number of thiazole rings is 1. The van der Waals surface area contributed by atoms with Crippen molar-refractivity contribution >= 4 is 23.1 Å². The molecule has 1 aliphatic heterocycles. The van der Waals surface area contributed by atoms with E-state index in [0.29, 0.717) is 16.0 Å². The maximum Gasteiger partial charge on any atom is 0.271 e. The molecule has 0 radical (unpaired) electrons. The van der Waals surface area contributed by atoms with E-state index in [1.54, 1.807) is 14.2 Å². The number of methoxy groups -OCH3 is 2. The van der Waals surface area contributed by atoms with Gasteiger partial charge in [0.1, 0.15) is 11.5 Å². The van der Waals surface area contributed by atoms with Gasteiger partial charge in [-0.05, 0) is 47.8 Å². The molecule has 0 spiro atoms. The summed E-state index contributed by atoms with van der Waals surface area (Å²) in [4.78, 5) is 19.6. The topological polar surface area (TPSA) is 52.8 Å². The van der Waals surface area contributed by atoms with Crippen molar-refractivity contribution < 1.29 is 9.47 Å². The first-order valence-electron chi connectivity index (χ1n) is 11.6. The van der Waals surface area contributed by atoms with Gasteiger partial charge < -0.3 is 9.47 Å². The van der Waals surface area contributed by atoms with Crippen LogP contribution in [0.3, 0.4) is 0 Å². The lowest BCUT2D eigenvalue weighted by atomic mass is 9.83. The van der Waals surface area contributed by atoms with Gasteiger partial charge >= 0.3 is 0 Å². The van der Waals surface area contributed by atoms with Gasteiger partial charge in [0.15, 0.2) is 4.80 Å². The van der Waals surface area contributed by atoms with Gasteiger partial charge in [-0.3, -0.25) is 9.36 Å². The Labute approximate surface area is 206 Å². The van der Waals surface area contributed by atoms with Crippen molar-refractivity contribution in [3.05, 3.63) is 120 Å². The van der Waals surface area contributed by atoms with E-state index in [2.05, 4.69) is 36.4 Å². The second-order valence-corrected chi connectivity index (χ2v) is 9.64. The predicted octanol–water partition coefficient (Wildman–Crippen LogP) is 4.34. The average molecular weight is 481 g/mol. The number of aromatic nitrogens is 1. The van der Waals surface area contributed by atoms with E-state index >= 15 is 0 Å². The summed E-state index contributed by atoms with van der Waals surface area (Å²) in [7, 11) is 3.24. The Morgan fingerprint density at radius 3 is 2.57 bits per heavy atom. The first-order valence-corrected chi connectivity index (χ1v) is 12.4. The van der Waals surface area contributed by atoms with Gasteiger partial charge in [0.25, 0.3) is 5.56 Å². The first kappa shape index (κ1) is 21.6. The van der Waals surface area contributed by atoms with E-state index in [1.807, 2.05) is 47.0 Å². The van der Waals surface area contributed by atoms with Crippen LogP contribution in [0.4, 0.5) is 0 Å². The minimum atomic E-state index is -0.171. The van der Waals surface area contributed by atoms with Gasteiger partial charge in [0.2, 0.25) is 0 Å². The number of hydrogen-bond donors (Lipinski definition) is 0. The molecule has 1 aliphatic carbocycles. The van der Waals surface area contributed by atoms with Gasteiger partial charge in [-0.1, -0.05) is 65.9 Å². The molecule has 0 N–H and O–H groups in total. The summed E-state index contributed by atoms with van der Waals surface area (Å²) in [5.41, 5.74) is 6.58. The summed E-state index contributed by atoms with van der Waals surface area (Å²) in [6.45, 7) is 0. The molecule has 6 rings (SSSR count). The van der Waals surface area contributed by atoms with E-state index in [1.165, 1.54) is 28.0 Å². The summed E-state index contributed by atoms with van der Waals surface area (Å²) in [6, 6.07) is 24.2. The highest BCUT2D eigenvalue weighted by atomic mass is 32.1. The Hall–Kier alpha value is -3.90. The van der Waals surface area contributed by atoms with Crippen molar-refractivity contribution in [3.8, 4) is 11.5 Å². The van der Waals surface area contributed by atoms with Crippen LogP contribution in [0.15, 0.2) is 88.2 Å². The van der Waals surface area contributed by atoms with Crippen molar-refractivity contribution in [2.45, 2.75) is 18.9 Å². The van der Waals surface area contributed by atoms with Gasteiger partial charge in [0, 0.05) is 17.2 Å². The Morgan fingerprint density at radius 1 is 0.971 bits per heavy atom. The van der Waals surface area contributed by atoms with E-state index < -0.39 is 0 Å². The zero-order valence-electron chi connectivity index (χ0n) is 19.5. The van der Waals surface area contributed by atoms with Crippen LogP contribution < -0.4 is 24.4 Å². The fraction of sp³-hybridized carbons (Fsp3) is 0.172. The largest absolute Gasteiger partial charge is 0.497 e. The molecule has 4 aromatic rings. The lowest BCUT2D eigenvalue weighted by Crippen LogP contribution is -2.38. The number of ether oxygens (including phenoxy) is 2. The molecule has 5 nitrogen and oxygen atoms in total. The van der Waals surface area contributed by atoms with Gasteiger partial charge in [-0.15, -0.1) is 0 Å². The Bertz CT molecular complexity index is 1650. The summed E-state index contributed by atoms with van der Waals surface area (Å²) >= 11 is 1.42. The van der Waals surface area contributed by atoms with Crippen LogP contribution in [0.25, 0.3) is 11.8 Å². The third-order valence-electron chi connectivity index (χ3n) is 6.72. The molecular formula is C29H24N2O3S. The van der Waals surface area contributed by atoms with E-state index in [9.17, 15) is 4.79 Å². The number of nitrogens with zero attached hydrogens (tertiary/aromatic N) is 2. The number of rotatable bonds is 4. The molecule has 6 heteroatoms. The highest BCUT2D eigenvalue weighted by molar-refractivity contribution is 7.07. The molecule has 0 fully saturated rings. The molecule has 0 saturated heterocycles. The molecule has 0 amide bonds. The predicted molar refractivity (Wildman–Crippen MR) is 139 cm³/mol. The maximum absolute atomic E-state index is 13.8. The molecule has 2 aliphatic rings. The molecule has 0 bridgehead atoms. The molecule has 35 heavy (non-hydrogen) atoms.